The van der Waals surface area contributed by atoms with Gasteiger partial charge in [0.05, 0.1) is 19.3 Å². The monoisotopic (exact) mass is 267 g/mol. The molecule has 0 saturated carbocycles. The lowest BCUT2D eigenvalue weighted by molar-refractivity contribution is 0.0921. The summed E-state index contributed by atoms with van der Waals surface area (Å²) in [5.41, 5.74) is 2.49. The van der Waals surface area contributed by atoms with E-state index in [0.29, 0.717) is 31.1 Å². The van der Waals surface area contributed by atoms with E-state index in [9.17, 15) is 0 Å². The van der Waals surface area contributed by atoms with Crippen molar-refractivity contribution in [2.75, 3.05) is 49.1 Å². The van der Waals surface area contributed by atoms with Crippen LogP contribution in [-0.2, 0) is 4.74 Å². The second-order valence-corrected chi connectivity index (χ2v) is 4.63. The second kappa shape index (κ2) is 5.98. The van der Waals surface area contributed by atoms with E-state index < -0.39 is 0 Å². The topological polar surface area (TPSA) is 92.4 Å². The normalized spacial score (nSPS) is 19.4. The lowest BCUT2D eigenvalue weighted by atomic mass is 10.2. The van der Waals surface area contributed by atoms with Gasteiger partial charge in [-0.15, -0.1) is 0 Å². The van der Waals surface area contributed by atoms with E-state index in [-0.39, 0.29) is 6.04 Å². The maximum atomic E-state index is 5.50. The van der Waals surface area contributed by atoms with Crippen molar-refractivity contribution in [1.29, 1.82) is 0 Å². The third kappa shape index (κ3) is 3.02. The Morgan fingerprint density at radius 2 is 2.21 bits per heavy atom. The summed E-state index contributed by atoms with van der Waals surface area (Å²) in [7, 11) is 3.77. The number of nitrogen functional groups attached to an aromatic ring is 1. The number of nitrogens with one attached hydrogen (secondary N) is 1. The molecule has 0 radical (unpaired) electrons. The Labute approximate surface area is 112 Å². The number of nitrogens with two attached hydrogens (primary N) is 1. The molecule has 0 bridgehead atoms. The van der Waals surface area contributed by atoms with E-state index in [1.54, 1.807) is 0 Å². The number of nitrogens with zero attached hydrogens (tertiary/aromatic N) is 5. The van der Waals surface area contributed by atoms with Crippen LogP contribution in [0.15, 0.2) is 0 Å². The number of hydrogen-bond acceptors (Lipinski definition) is 8. The van der Waals surface area contributed by atoms with Gasteiger partial charge in [-0.2, -0.15) is 15.0 Å². The van der Waals surface area contributed by atoms with E-state index >= 15 is 0 Å². The van der Waals surface area contributed by atoms with Crippen LogP contribution in [0.3, 0.4) is 0 Å². The quantitative estimate of drug-likeness (QED) is 0.574. The molecule has 1 aromatic rings. The van der Waals surface area contributed by atoms with Gasteiger partial charge in [-0.3, -0.25) is 5.43 Å². The first kappa shape index (κ1) is 13.8. The number of hydrazine groups is 1. The van der Waals surface area contributed by atoms with Gasteiger partial charge < -0.3 is 14.5 Å². The van der Waals surface area contributed by atoms with Crippen LogP contribution < -0.4 is 21.1 Å². The third-order valence-corrected chi connectivity index (χ3v) is 3.10. The molecule has 0 aliphatic carbocycles. The Balaban J connectivity index is 2.33. The van der Waals surface area contributed by atoms with Crippen LogP contribution in [0.2, 0.25) is 0 Å². The lowest BCUT2D eigenvalue weighted by Crippen LogP contribution is -2.46. The minimum absolute atomic E-state index is 0.289. The van der Waals surface area contributed by atoms with Gasteiger partial charge in [-0.05, 0) is 6.42 Å². The molecule has 0 spiro atoms. The molecule has 0 aromatic carbocycles. The molecule has 106 valence electrons. The molecular weight excluding hydrogens is 246 g/mol. The fraction of sp³-hybridized carbons (Fsp3) is 0.727. The highest BCUT2D eigenvalue weighted by molar-refractivity contribution is 5.45. The summed E-state index contributed by atoms with van der Waals surface area (Å²) in [5, 5.41) is 0. The molecule has 1 aliphatic rings. The Kier molecular flexibility index (Phi) is 4.33. The summed E-state index contributed by atoms with van der Waals surface area (Å²) < 4.78 is 5.50. The molecule has 19 heavy (non-hydrogen) atoms. The summed E-state index contributed by atoms with van der Waals surface area (Å²) in [4.78, 5) is 17.0. The van der Waals surface area contributed by atoms with Gasteiger partial charge in [0.2, 0.25) is 17.8 Å². The van der Waals surface area contributed by atoms with Crippen molar-refractivity contribution < 1.29 is 4.74 Å². The molecule has 1 aliphatic heterocycles. The predicted molar refractivity (Wildman–Crippen MR) is 74.2 cm³/mol. The molecule has 8 heteroatoms. The first-order chi connectivity index (χ1) is 9.15. The molecule has 1 aromatic heterocycles. The standard InChI is InChI=1S/C11H21N7O/c1-4-8-7-19-6-5-18(8)11-14-9(16-12)13-10(15-11)17(2)3/h8H,4-7,12H2,1-3H3,(H,13,14,15,16). The van der Waals surface area contributed by atoms with Gasteiger partial charge in [-0.1, -0.05) is 6.92 Å². The number of morpholine rings is 1. The van der Waals surface area contributed by atoms with Crippen molar-refractivity contribution >= 4 is 17.8 Å². The molecule has 2 rings (SSSR count). The van der Waals surface area contributed by atoms with Crippen molar-refractivity contribution in [3.63, 3.8) is 0 Å². The highest BCUT2D eigenvalue weighted by Crippen LogP contribution is 2.20. The average Bonchev–Trinajstić information content (AvgIpc) is 2.46. The second-order valence-electron chi connectivity index (χ2n) is 4.63. The molecule has 3 N–H and O–H groups in total. The minimum Gasteiger partial charge on any atom is -0.377 e. The molecule has 1 unspecified atom stereocenters. The van der Waals surface area contributed by atoms with Crippen LogP contribution in [0.4, 0.5) is 17.8 Å². The van der Waals surface area contributed by atoms with Gasteiger partial charge in [0.1, 0.15) is 0 Å². The summed E-state index contributed by atoms with van der Waals surface area (Å²) in [6, 6.07) is 0.289. The summed E-state index contributed by atoms with van der Waals surface area (Å²) in [6.45, 7) is 4.29. The van der Waals surface area contributed by atoms with Gasteiger partial charge >= 0.3 is 0 Å². The average molecular weight is 267 g/mol. The van der Waals surface area contributed by atoms with E-state index in [0.717, 1.165) is 13.0 Å². The first-order valence-electron chi connectivity index (χ1n) is 6.40. The van der Waals surface area contributed by atoms with E-state index in [4.69, 9.17) is 10.6 Å². The summed E-state index contributed by atoms with van der Waals surface area (Å²) in [5.74, 6) is 7.01. The largest absolute Gasteiger partial charge is 0.377 e. The Morgan fingerprint density at radius 3 is 2.84 bits per heavy atom. The molecule has 1 saturated heterocycles. The predicted octanol–water partition coefficient (Wildman–Crippen LogP) is -0.162. The van der Waals surface area contributed by atoms with Crippen molar-refractivity contribution in [2.45, 2.75) is 19.4 Å². The van der Waals surface area contributed by atoms with Crippen molar-refractivity contribution in [2.24, 2.45) is 5.84 Å². The number of aromatic nitrogens is 3. The van der Waals surface area contributed by atoms with Crippen LogP contribution in [0.5, 0.6) is 0 Å². The first-order valence-corrected chi connectivity index (χ1v) is 6.40. The van der Waals surface area contributed by atoms with Crippen molar-refractivity contribution in [1.82, 2.24) is 15.0 Å². The molecule has 2 heterocycles. The van der Waals surface area contributed by atoms with E-state index in [1.807, 2.05) is 19.0 Å². The number of anilines is 3. The fourth-order valence-electron chi connectivity index (χ4n) is 2.00. The smallest absolute Gasteiger partial charge is 0.243 e. The Bertz CT molecular complexity index is 426. The molecule has 8 nitrogen and oxygen atoms in total. The Morgan fingerprint density at radius 1 is 1.42 bits per heavy atom. The van der Waals surface area contributed by atoms with Crippen LogP contribution in [0, 0.1) is 0 Å². The lowest BCUT2D eigenvalue weighted by Gasteiger charge is -2.35. The zero-order valence-corrected chi connectivity index (χ0v) is 11.6. The third-order valence-electron chi connectivity index (χ3n) is 3.10. The SMILES string of the molecule is CCC1COCCN1c1nc(NN)nc(N(C)C)n1. The minimum atomic E-state index is 0.289. The van der Waals surface area contributed by atoms with Gasteiger partial charge in [0.25, 0.3) is 0 Å². The van der Waals surface area contributed by atoms with Crippen LogP contribution in [0.1, 0.15) is 13.3 Å². The molecule has 1 atom stereocenters. The van der Waals surface area contributed by atoms with Crippen LogP contribution in [-0.4, -0.2) is 54.8 Å². The highest BCUT2D eigenvalue weighted by atomic mass is 16.5. The van der Waals surface area contributed by atoms with Gasteiger partial charge in [-0.25, -0.2) is 5.84 Å². The number of rotatable bonds is 4. The van der Waals surface area contributed by atoms with Crippen molar-refractivity contribution in [3.8, 4) is 0 Å². The highest BCUT2D eigenvalue weighted by Gasteiger charge is 2.25. The maximum absolute atomic E-state index is 5.50. The summed E-state index contributed by atoms with van der Waals surface area (Å²) in [6.07, 6.45) is 0.981. The molecule has 1 fully saturated rings. The van der Waals surface area contributed by atoms with Crippen molar-refractivity contribution in [3.05, 3.63) is 0 Å². The zero-order chi connectivity index (χ0) is 13.8. The summed E-state index contributed by atoms with van der Waals surface area (Å²) >= 11 is 0. The zero-order valence-electron chi connectivity index (χ0n) is 11.6. The van der Waals surface area contributed by atoms with Gasteiger partial charge in [0.15, 0.2) is 0 Å². The van der Waals surface area contributed by atoms with Crippen LogP contribution >= 0.6 is 0 Å². The fourth-order valence-corrected chi connectivity index (χ4v) is 2.00. The molecular formula is C11H21N7O. The number of hydrogen-bond donors (Lipinski definition) is 2. The maximum Gasteiger partial charge on any atom is 0.243 e. The molecule has 0 amide bonds. The Hall–Kier alpha value is -1.67. The van der Waals surface area contributed by atoms with E-state index in [2.05, 4.69) is 32.2 Å². The van der Waals surface area contributed by atoms with E-state index in [1.165, 1.54) is 0 Å². The van der Waals surface area contributed by atoms with Crippen LogP contribution in [0.25, 0.3) is 0 Å². The van der Waals surface area contributed by atoms with Gasteiger partial charge in [0, 0.05) is 20.6 Å². The number of ether oxygens (including phenoxy) is 1.